The Labute approximate surface area is 191 Å². The van der Waals surface area contributed by atoms with Crippen LogP contribution >= 0.6 is 11.6 Å². The summed E-state index contributed by atoms with van der Waals surface area (Å²) in [6.45, 7) is 4.63. The maximum absolute atomic E-state index is 13.1. The highest BCUT2D eigenvalue weighted by Crippen LogP contribution is 2.40. The zero-order valence-corrected chi connectivity index (χ0v) is 19.2. The molecule has 0 fully saturated rings. The van der Waals surface area contributed by atoms with Crippen LogP contribution in [-0.2, 0) is 16.6 Å². The number of aliphatic hydroxyl groups excluding tert-OH is 1. The smallest absolute Gasteiger partial charge is 0.258 e. The van der Waals surface area contributed by atoms with Gasteiger partial charge in [0.1, 0.15) is 13.2 Å². The van der Waals surface area contributed by atoms with Crippen LogP contribution in [0.25, 0.3) is 21.9 Å². The van der Waals surface area contributed by atoms with Crippen molar-refractivity contribution >= 4 is 28.7 Å². The Morgan fingerprint density at radius 3 is 2.41 bits per heavy atom. The average molecular weight is 460 g/mol. The molecule has 4 rings (SSSR count). The van der Waals surface area contributed by atoms with Crippen molar-refractivity contribution < 1.29 is 24.1 Å². The molecular formula is C24H26ClNO6. The molecule has 0 aliphatic carbocycles. The summed E-state index contributed by atoms with van der Waals surface area (Å²) in [5, 5.41) is 8.65. The lowest BCUT2D eigenvalue weighted by Crippen LogP contribution is -2.26. The number of ether oxygens (including phenoxy) is 3. The van der Waals surface area contributed by atoms with Crippen LogP contribution in [0, 0.1) is 0 Å². The highest BCUT2D eigenvalue weighted by molar-refractivity contribution is 6.31. The first-order valence-electron chi connectivity index (χ1n) is 10.2. The Hall–Kier alpha value is -2.87. The maximum Gasteiger partial charge on any atom is 0.258 e. The van der Waals surface area contributed by atoms with Crippen molar-refractivity contribution in [3.63, 3.8) is 0 Å². The Bertz CT molecular complexity index is 1190. The zero-order chi connectivity index (χ0) is 23.4. The summed E-state index contributed by atoms with van der Waals surface area (Å²) in [7, 11) is 2.65. The van der Waals surface area contributed by atoms with Crippen LogP contribution in [0.4, 0.5) is 0 Å². The van der Waals surface area contributed by atoms with Gasteiger partial charge in [-0.1, -0.05) is 17.7 Å². The molecule has 7 nitrogen and oxygen atoms in total. The van der Waals surface area contributed by atoms with E-state index in [9.17, 15) is 9.59 Å². The number of halogens is 1. The first kappa shape index (κ1) is 23.8. The number of nitrogens with zero attached hydrogens (tertiary/aromatic N) is 1. The number of hydrogen-bond acceptors (Lipinski definition) is 6. The zero-order valence-electron chi connectivity index (χ0n) is 18.4. The standard InChI is InChI=1S/C23H22ClNO5.CH4O/c1-13(2)30-20(12-26)22-21(14-4-7-18-19(10-14)29-9-8-28-18)17-11-15(24)5-6-16(17)23(27)25(22)3;1-2/h4-7,10-13,20H,8-9H2,1-3H3;2H,1H3. The Morgan fingerprint density at radius 1 is 1.06 bits per heavy atom. The molecule has 1 aromatic heterocycles. The summed E-state index contributed by atoms with van der Waals surface area (Å²) in [6, 6.07) is 10.7. The van der Waals surface area contributed by atoms with Gasteiger partial charge < -0.3 is 28.7 Å². The molecule has 0 amide bonds. The van der Waals surface area contributed by atoms with Crippen molar-refractivity contribution in [3.8, 4) is 22.6 Å². The molecule has 32 heavy (non-hydrogen) atoms. The SMILES string of the molecule is CC(C)OC(C=O)c1c(-c2ccc3c(c2)OCCO3)c2cc(Cl)ccc2c(=O)n1C.CO. The van der Waals surface area contributed by atoms with Crippen LogP contribution in [0.15, 0.2) is 41.2 Å². The Balaban J connectivity index is 0.00000141. The molecule has 0 saturated carbocycles. The second kappa shape index (κ2) is 10.2. The fourth-order valence-corrected chi connectivity index (χ4v) is 3.97. The lowest BCUT2D eigenvalue weighted by molar-refractivity contribution is -0.121. The van der Waals surface area contributed by atoms with Crippen molar-refractivity contribution in [2.45, 2.75) is 26.1 Å². The van der Waals surface area contributed by atoms with Crippen LogP contribution in [0.5, 0.6) is 11.5 Å². The van der Waals surface area contributed by atoms with Gasteiger partial charge in [-0.2, -0.15) is 0 Å². The predicted molar refractivity (Wildman–Crippen MR) is 124 cm³/mol. The van der Waals surface area contributed by atoms with E-state index in [2.05, 4.69) is 0 Å². The quantitative estimate of drug-likeness (QED) is 0.582. The van der Waals surface area contributed by atoms with Gasteiger partial charge in [0.15, 0.2) is 23.9 Å². The summed E-state index contributed by atoms with van der Waals surface area (Å²) in [5.41, 5.74) is 1.72. The van der Waals surface area contributed by atoms with Crippen LogP contribution in [0.2, 0.25) is 5.02 Å². The third-order valence-electron chi connectivity index (χ3n) is 5.05. The first-order chi connectivity index (χ1) is 15.4. The van der Waals surface area contributed by atoms with Gasteiger partial charge in [-0.15, -0.1) is 0 Å². The van der Waals surface area contributed by atoms with E-state index < -0.39 is 6.10 Å². The summed E-state index contributed by atoms with van der Waals surface area (Å²) in [5.74, 6) is 1.27. The van der Waals surface area contributed by atoms with Crippen LogP contribution in [0.3, 0.4) is 0 Å². The number of carbonyl (C=O) groups excluding carboxylic acids is 1. The topological polar surface area (TPSA) is 87.0 Å². The molecule has 0 radical (unpaired) electrons. The van der Waals surface area contributed by atoms with E-state index in [0.29, 0.717) is 58.1 Å². The van der Waals surface area contributed by atoms with Crippen molar-refractivity contribution in [2.24, 2.45) is 7.05 Å². The summed E-state index contributed by atoms with van der Waals surface area (Å²) < 4.78 is 18.7. The lowest BCUT2D eigenvalue weighted by Gasteiger charge is -2.24. The molecule has 1 aliphatic heterocycles. The summed E-state index contributed by atoms with van der Waals surface area (Å²) in [6.07, 6.45) is -0.417. The van der Waals surface area contributed by atoms with E-state index >= 15 is 0 Å². The largest absolute Gasteiger partial charge is 0.486 e. The number of pyridine rings is 1. The third-order valence-corrected chi connectivity index (χ3v) is 5.28. The molecule has 8 heteroatoms. The second-order valence-electron chi connectivity index (χ2n) is 7.41. The molecule has 1 aliphatic rings. The lowest BCUT2D eigenvalue weighted by atomic mass is 9.94. The van der Waals surface area contributed by atoms with Gasteiger partial charge in [-0.3, -0.25) is 4.79 Å². The third kappa shape index (κ3) is 4.50. The Kier molecular flexibility index (Phi) is 7.56. The maximum atomic E-state index is 13.1. The first-order valence-corrected chi connectivity index (χ1v) is 10.6. The molecule has 170 valence electrons. The molecule has 3 aromatic rings. The van der Waals surface area contributed by atoms with E-state index in [-0.39, 0.29) is 11.7 Å². The average Bonchev–Trinajstić information content (AvgIpc) is 2.80. The minimum absolute atomic E-state index is 0.210. The molecule has 0 spiro atoms. The number of aliphatic hydroxyl groups is 1. The molecule has 1 unspecified atom stereocenters. The predicted octanol–water partition coefficient (Wildman–Crippen LogP) is 3.90. The fraction of sp³-hybridized carbons (Fsp3) is 0.333. The number of hydrogen-bond donors (Lipinski definition) is 1. The second-order valence-corrected chi connectivity index (χ2v) is 7.85. The monoisotopic (exact) mass is 459 g/mol. The summed E-state index contributed by atoms with van der Waals surface area (Å²) >= 11 is 6.28. The van der Waals surface area contributed by atoms with Gasteiger partial charge in [-0.05, 0) is 55.1 Å². The normalized spacial score (nSPS) is 13.5. The number of carbonyl (C=O) groups is 1. The highest BCUT2D eigenvalue weighted by atomic mass is 35.5. The number of aromatic nitrogens is 1. The molecular weight excluding hydrogens is 434 g/mol. The van der Waals surface area contributed by atoms with Crippen LogP contribution < -0.4 is 15.0 Å². The molecule has 2 heterocycles. The van der Waals surface area contributed by atoms with E-state index in [1.807, 2.05) is 32.0 Å². The number of fused-ring (bicyclic) bond motifs is 2. The van der Waals surface area contributed by atoms with E-state index in [0.717, 1.165) is 12.7 Å². The number of rotatable bonds is 5. The highest BCUT2D eigenvalue weighted by Gasteiger charge is 2.26. The molecule has 1 atom stereocenters. The minimum Gasteiger partial charge on any atom is -0.486 e. The van der Waals surface area contributed by atoms with E-state index in [4.69, 9.17) is 30.9 Å². The van der Waals surface area contributed by atoms with Gasteiger partial charge in [0, 0.05) is 30.1 Å². The van der Waals surface area contributed by atoms with E-state index in [1.54, 1.807) is 25.2 Å². The van der Waals surface area contributed by atoms with Gasteiger partial charge >= 0.3 is 0 Å². The number of aldehydes is 1. The van der Waals surface area contributed by atoms with Crippen molar-refractivity contribution in [1.29, 1.82) is 0 Å². The fourth-order valence-electron chi connectivity index (χ4n) is 3.80. The summed E-state index contributed by atoms with van der Waals surface area (Å²) in [4.78, 5) is 25.1. The van der Waals surface area contributed by atoms with Gasteiger partial charge in [-0.25, -0.2) is 0 Å². The number of benzene rings is 2. The Morgan fingerprint density at radius 2 is 1.75 bits per heavy atom. The van der Waals surface area contributed by atoms with Gasteiger partial charge in [0.2, 0.25) is 0 Å². The van der Waals surface area contributed by atoms with Crippen molar-refractivity contribution in [1.82, 2.24) is 4.57 Å². The van der Waals surface area contributed by atoms with Gasteiger partial charge in [0.05, 0.1) is 11.8 Å². The molecule has 2 aromatic carbocycles. The molecule has 0 saturated heterocycles. The van der Waals surface area contributed by atoms with Crippen LogP contribution in [-0.4, -0.2) is 42.4 Å². The van der Waals surface area contributed by atoms with Crippen molar-refractivity contribution in [2.75, 3.05) is 20.3 Å². The molecule has 1 N–H and O–H groups in total. The van der Waals surface area contributed by atoms with Gasteiger partial charge in [0.25, 0.3) is 5.56 Å². The minimum atomic E-state index is -0.922. The van der Waals surface area contributed by atoms with Crippen molar-refractivity contribution in [3.05, 3.63) is 57.5 Å². The van der Waals surface area contributed by atoms with E-state index in [1.165, 1.54) is 4.57 Å². The molecule has 0 bridgehead atoms. The van der Waals surface area contributed by atoms with Crippen LogP contribution in [0.1, 0.15) is 25.6 Å².